The zero-order valence-electron chi connectivity index (χ0n) is 18.9. The third-order valence-corrected chi connectivity index (χ3v) is 5.10. The Balaban J connectivity index is 1.54. The van der Waals surface area contributed by atoms with Gasteiger partial charge in [-0.1, -0.05) is 18.2 Å². The number of esters is 1. The molecule has 3 aromatic carbocycles. The van der Waals surface area contributed by atoms with E-state index < -0.39 is 5.97 Å². The molecule has 1 aromatic heterocycles. The van der Waals surface area contributed by atoms with E-state index in [9.17, 15) is 9.90 Å². The Morgan fingerprint density at radius 2 is 1.86 bits per heavy atom. The Hall–Kier alpha value is -4.41. The molecule has 1 heterocycles. The maximum absolute atomic E-state index is 12.8. The fraction of sp³-hybridized carbons (Fsp3) is 0.160. The highest BCUT2D eigenvalue weighted by atomic mass is 16.7. The van der Waals surface area contributed by atoms with E-state index >= 15 is 0 Å². The van der Waals surface area contributed by atoms with Crippen molar-refractivity contribution in [3.63, 3.8) is 0 Å². The summed E-state index contributed by atoms with van der Waals surface area (Å²) in [5, 5.41) is 18.0. The smallest absolute Gasteiger partial charge is 0.345 e. The topological polar surface area (TPSA) is 153 Å². The van der Waals surface area contributed by atoms with Gasteiger partial charge in [-0.25, -0.2) is 4.79 Å². The summed E-state index contributed by atoms with van der Waals surface area (Å²) in [5.41, 5.74) is 8.35. The summed E-state index contributed by atoms with van der Waals surface area (Å²) >= 11 is 0. The number of aromatic amines is 1. The number of benzene rings is 3. The first-order chi connectivity index (χ1) is 17.0. The number of para-hydroxylation sites is 1. The molecule has 10 nitrogen and oxygen atoms in total. The van der Waals surface area contributed by atoms with E-state index in [-0.39, 0.29) is 30.0 Å². The van der Waals surface area contributed by atoms with Gasteiger partial charge >= 0.3 is 12.0 Å². The summed E-state index contributed by atoms with van der Waals surface area (Å²) in [6.45, 7) is 0.822. The van der Waals surface area contributed by atoms with Gasteiger partial charge in [-0.15, -0.1) is 0 Å². The van der Waals surface area contributed by atoms with Crippen LogP contribution < -0.4 is 15.2 Å². The second-order valence-corrected chi connectivity index (χ2v) is 7.47. The number of aromatic nitrogens is 2. The van der Waals surface area contributed by atoms with Crippen molar-refractivity contribution in [2.24, 2.45) is 5.73 Å². The molecule has 10 heteroatoms. The predicted octanol–water partition coefficient (Wildman–Crippen LogP) is 3.44. The number of phenolic OH excluding ortho intramolecular Hbond substituents is 1. The fourth-order valence-electron chi connectivity index (χ4n) is 3.35. The number of carbonyl (C=O) groups is 1. The van der Waals surface area contributed by atoms with Gasteiger partial charge < -0.3 is 34.8 Å². The lowest BCUT2D eigenvalue weighted by Crippen LogP contribution is -2.10. The number of aromatic hydroxyl groups is 1. The summed E-state index contributed by atoms with van der Waals surface area (Å²) in [7, 11) is 1.58. The van der Waals surface area contributed by atoms with Gasteiger partial charge in [0.15, 0.2) is 6.79 Å². The third kappa shape index (κ3) is 5.57. The molecule has 0 radical (unpaired) electrons. The minimum atomic E-state index is -0.668. The quantitative estimate of drug-likeness (QED) is 0.0893. The van der Waals surface area contributed by atoms with Crippen LogP contribution in [0.2, 0.25) is 0 Å². The first-order valence-corrected chi connectivity index (χ1v) is 10.6. The van der Waals surface area contributed by atoms with Gasteiger partial charge in [-0.05, 0) is 42.5 Å². The molecular formula is C25H24N4O6. The SMILES string of the molecule is COCCOCOc1ccccc1-c1cc(C(=O)Oc2nc3ccc(C(=N)N)cc3[nH]2)ccc1O. The fourth-order valence-corrected chi connectivity index (χ4v) is 3.35. The molecule has 0 aliphatic rings. The van der Waals surface area contributed by atoms with E-state index in [1.54, 1.807) is 49.6 Å². The number of nitrogens with two attached hydrogens (primary N) is 1. The van der Waals surface area contributed by atoms with Gasteiger partial charge in [0.2, 0.25) is 0 Å². The molecule has 0 unspecified atom stereocenters. The van der Waals surface area contributed by atoms with Gasteiger partial charge in [0.05, 0.1) is 29.8 Å². The summed E-state index contributed by atoms with van der Waals surface area (Å²) < 4.78 is 21.4. The number of hydrogen-bond acceptors (Lipinski definition) is 8. The summed E-state index contributed by atoms with van der Waals surface area (Å²) in [4.78, 5) is 20.0. The zero-order valence-corrected chi connectivity index (χ0v) is 18.9. The first-order valence-electron chi connectivity index (χ1n) is 10.6. The Morgan fingerprint density at radius 1 is 1.06 bits per heavy atom. The lowest BCUT2D eigenvalue weighted by Gasteiger charge is -2.13. The Kier molecular flexibility index (Phi) is 7.24. The van der Waals surface area contributed by atoms with Crippen molar-refractivity contribution >= 4 is 22.8 Å². The first kappa shape index (κ1) is 23.7. The Bertz CT molecular complexity index is 1370. The molecule has 0 aliphatic heterocycles. The standard InChI is InChI=1S/C25H24N4O6/c1-32-10-11-33-14-34-22-5-3-2-4-17(22)18-12-16(7-9-21(18)30)24(31)35-25-28-19-8-6-15(23(26)27)13-20(19)29-25/h2-9,12-13,30H,10-11,14H2,1H3,(H3,26,27)(H,28,29). The highest BCUT2D eigenvalue weighted by molar-refractivity contribution is 5.98. The number of rotatable bonds is 10. The number of methoxy groups -OCH3 is 1. The largest absolute Gasteiger partial charge is 0.507 e. The highest BCUT2D eigenvalue weighted by Gasteiger charge is 2.17. The van der Waals surface area contributed by atoms with Crippen LogP contribution in [0.25, 0.3) is 22.2 Å². The second-order valence-electron chi connectivity index (χ2n) is 7.47. The van der Waals surface area contributed by atoms with E-state index in [1.807, 2.05) is 0 Å². The molecule has 180 valence electrons. The van der Waals surface area contributed by atoms with Gasteiger partial charge in [0, 0.05) is 23.8 Å². The van der Waals surface area contributed by atoms with E-state index in [4.69, 9.17) is 30.1 Å². The molecule has 0 fully saturated rings. The van der Waals surface area contributed by atoms with Crippen LogP contribution >= 0.6 is 0 Å². The highest BCUT2D eigenvalue weighted by Crippen LogP contribution is 2.36. The molecule has 0 bridgehead atoms. The molecular weight excluding hydrogens is 452 g/mol. The molecule has 0 spiro atoms. The number of nitrogen functional groups attached to an aromatic ring is 1. The number of ether oxygens (including phenoxy) is 4. The number of fused-ring (bicyclic) bond motifs is 1. The van der Waals surface area contributed by atoms with Crippen molar-refractivity contribution in [2.45, 2.75) is 0 Å². The van der Waals surface area contributed by atoms with Crippen molar-refractivity contribution in [1.82, 2.24) is 9.97 Å². The van der Waals surface area contributed by atoms with Gasteiger partial charge in [0.1, 0.15) is 17.3 Å². The molecule has 0 amide bonds. The zero-order chi connectivity index (χ0) is 24.8. The van der Waals surface area contributed by atoms with Crippen LogP contribution in [-0.2, 0) is 9.47 Å². The number of phenols is 1. The van der Waals surface area contributed by atoms with Gasteiger partial charge in [0.25, 0.3) is 0 Å². The van der Waals surface area contributed by atoms with Gasteiger partial charge in [-0.3, -0.25) is 5.41 Å². The van der Waals surface area contributed by atoms with Crippen LogP contribution in [0.15, 0.2) is 60.7 Å². The minimum Gasteiger partial charge on any atom is -0.507 e. The van der Waals surface area contributed by atoms with E-state index in [0.29, 0.717) is 46.7 Å². The van der Waals surface area contributed by atoms with Crippen LogP contribution in [0.5, 0.6) is 17.5 Å². The van der Waals surface area contributed by atoms with Gasteiger partial charge in [-0.2, -0.15) is 4.98 Å². The number of amidine groups is 1. The van der Waals surface area contributed by atoms with Crippen LogP contribution in [-0.4, -0.2) is 54.0 Å². The second kappa shape index (κ2) is 10.7. The van der Waals surface area contributed by atoms with Crippen molar-refractivity contribution in [3.05, 3.63) is 71.8 Å². The summed E-state index contributed by atoms with van der Waals surface area (Å²) in [5.74, 6) is -0.302. The average Bonchev–Trinajstić information content (AvgIpc) is 3.26. The maximum atomic E-state index is 12.8. The maximum Gasteiger partial charge on any atom is 0.345 e. The van der Waals surface area contributed by atoms with Crippen molar-refractivity contribution < 1.29 is 28.8 Å². The number of imidazole rings is 1. The summed E-state index contributed by atoms with van der Waals surface area (Å²) in [6, 6.07) is 16.5. The average molecular weight is 476 g/mol. The van der Waals surface area contributed by atoms with Crippen LogP contribution in [0.1, 0.15) is 15.9 Å². The van der Waals surface area contributed by atoms with E-state index in [2.05, 4.69) is 9.97 Å². The van der Waals surface area contributed by atoms with Crippen molar-refractivity contribution in [3.8, 4) is 28.6 Å². The lowest BCUT2D eigenvalue weighted by atomic mass is 10.0. The Morgan fingerprint density at radius 3 is 2.66 bits per heavy atom. The molecule has 0 saturated carbocycles. The molecule has 0 saturated heterocycles. The number of nitrogens with zero attached hydrogens (tertiary/aromatic N) is 1. The molecule has 4 rings (SSSR count). The lowest BCUT2D eigenvalue weighted by molar-refractivity contribution is -0.00822. The number of carbonyl (C=O) groups excluding carboxylic acids is 1. The van der Waals surface area contributed by atoms with E-state index in [1.165, 1.54) is 18.2 Å². The number of nitrogens with one attached hydrogen (secondary N) is 2. The molecule has 0 atom stereocenters. The van der Waals surface area contributed by atoms with Crippen molar-refractivity contribution in [1.29, 1.82) is 5.41 Å². The van der Waals surface area contributed by atoms with Crippen molar-refractivity contribution in [2.75, 3.05) is 27.1 Å². The normalized spacial score (nSPS) is 10.9. The Labute approximate surface area is 200 Å². The summed E-state index contributed by atoms with van der Waals surface area (Å²) in [6.07, 6.45) is 0. The number of hydrogen-bond donors (Lipinski definition) is 4. The molecule has 5 N–H and O–H groups in total. The monoisotopic (exact) mass is 476 g/mol. The molecule has 4 aromatic rings. The van der Waals surface area contributed by atoms with Crippen LogP contribution in [0.4, 0.5) is 0 Å². The predicted molar refractivity (Wildman–Crippen MR) is 129 cm³/mol. The van der Waals surface area contributed by atoms with E-state index in [0.717, 1.165) is 0 Å². The minimum absolute atomic E-state index is 0.000261. The van der Waals surface area contributed by atoms with Crippen LogP contribution in [0.3, 0.4) is 0 Å². The number of H-pyrrole nitrogens is 1. The molecule has 0 aliphatic carbocycles. The van der Waals surface area contributed by atoms with Crippen LogP contribution in [0, 0.1) is 5.41 Å². The molecule has 35 heavy (non-hydrogen) atoms. The third-order valence-electron chi connectivity index (χ3n) is 5.10.